The van der Waals surface area contributed by atoms with Gasteiger partial charge in [0.05, 0.1) is 16.4 Å². The Morgan fingerprint density at radius 3 is 2.54 bits per heavy atom. The van der Waals surface area contributed by atoms with Crippen LogP contribution in [0.1, 0.15) is 20.9 Å². The molecule has 0 unspecified atom stereocenters. The highest BCUT2D eigenvalue weighted by atomic mass is 32.1. The van der Waals surface area contributed by atoms with Gasteiger partial charge in [-0.3, -0.25) is 4.79 Å². The van der Waals surface area contributed by atoms with Crippen LogP contribution in [0.25, 0.3) is 16.9 Å². The Labute approximate surface area is 167 Å². The number of aryl methyl sites for hydroxylation is 1. The van der Waals surface area contributed by atoms with Crippen LogP contribution in [-0.2, 0) is 6.42 Å². The summed E-state index contributed by atoms with van der Waals surface area (Å²) in [7, 11) is 0. The maximum Gasteiger partial charge on any atom is 0.251 e. The number of thiazole rings is 1. The summed E-state index contributed by atoms with van der Waals surface area (Å²) in [6.07, 6.45) is 4.38. The van der Waals surface area contributed by atoms with E-state index in [4.69, 9.17) is 0 Å². The third-order valence-corrected chi connectivity index (χ3v) is 5.24. The Morgan fingerprint density at radius 2 is 1.89 bits per heavy atom. The van der Waals surface area contributed by atoms with Crippen LogP contribution in [0.2, 0.25) is 0 Å². The van der Waals surface area contributed by atoms with Crippen LogP contribution in [0.15, 0.2) is 72.4 Å². The number of aromatic nitrogens is 3. The van der Waals surface area contributed by atoms with Gasteiger partial charge in [0.2, 0.25) is 0 Å². The van der Waals surface area contributed by atoms with E-state index in [9.17, 15) is 4.79 Å². The van der Waals surface area contributed by atoms with Crippen molar-refractivity contribution in [1.82, 2.24) is 20.1 Å². The van der Waals surface area contributed by atoms with Crippen molar-refractivity contribution in [1.29, 1.82) is 0 Å². The van der Waals surface area contributed by atoms with Crippen LogP contribution < -0.4 is 5.32 Å². The van der Waals surface area contributed by atoms with E-state index >= 15 is 0 Å². The summed E-state index contributed by atoms with van der Waals surface area (Å²) in [5, 5.41) is 10.3. The van der Waals surface area contributed by atoms with Gasteiger partial charge >= 0.3 is 0 Å². The molecule has 0 saturated heterocycles. The van der Waals surface area contributed by atoms with Crippen molar-refractivity contribution in [3.63, 3.8) is 0 Å². The predicted molar refractivity (Wildman–Crippen MR) is 112 cm³/mol. The summed E-state index contributed by atoms with van der Waals surface area (Å²) in [4.78, 5) is 16.8. The largest absolute Gasteiger partial charge is 0.352 e. The minimum Gasteiger partial charge on any atom is -0.352 e. The summed E-state index contributed by atoms with van der Waals surface area (Å²) in [5.41, 5.74) is 4.89. The van der Waals surface area contributed by atoms with Gasteiger partial charge in [0.25, 0.3) is 5.91 Å². The molecule has 0 aliphatic heterocycles. The van der Waals surface area contributed by atoms with E-state index in [1.807, 2.05) is 43.5 Å². The molecular formula is C22H20N4OS. The lowest BCUT2D eigenvalue weighted by Gasteiger charge is -2.07. The molecule has 0 bridgehead atoms. The van der Waals surface area contributed by atoms with Gasteiger partial charge in [-0.1, -0.05) is 24.3 Å². The molecule has 4 rings (SSSR count). The summed E-state index contributed by atoms with van der Waals surface area (Å²) in [6.45, 7) is 2.60. The minimum atomic E-state index is -0.0680. The van der Waals surface area contributed by atoms with E-state index in [0.717, 1.165) is 28.4 Å². The molecule has 5 nitrogen and oxygen atoms in total. The molecule has 2 aromatic carbocycles. The molecular weight excluding hydrogens is 368 g/mol. The van der Waals surface area contributed by atoms with E-state index in [0.29, 0.717) is 12.1 Å². The fourth-order valence-corrected chi connectivity index (χ4v) is 3.57. The number of carbonyl (C=O) groups is 1. The summed E-state index contributed by atoms with van der Waals surface area (Å²) < 4.78 is 1.76. The normalized spacial score (nSPS) is 10.8. The van der Waals surface area contributed by atoms with Gasteiger partial charge in [0.1, 0.15) is 0 Å². The topological polar surface area (TPSA) is 59.8 Å². The molecule has 0 fully saturated rings. The van der Waals surface area contributed by atoms with Crippen LogP contribution >= 0.6 is 11.3 Å². The van der Waals surface area contributed by atoms with Gasteiger partial charge in [-0.05, 0) is 49.2 Å². The zero-order valence-electron chi connectivity index (χ0n) is 15.5. The van der Waals surface area contributed by atoms with E-state index < -0.39 is 0 Å². The van der Waals surface area contributed by atoms with Gasteiger partial charge in [0.15, 0.2) is 0 Å². The summed E-state index contributed by atoms with van der Waals surface area (Å²) >= 11 is 1.66. The van der Waals surface area contributed by atoms with Crippen LogP contribution in [0.5, 0.6) is 0 Å². The highest BCUT2D eigenvalue weighted by Crippen LogP contribution is 2.21. The molecule has 2 heterocycles. The molecule has 2 aromatic heterocycles. The highest BCUT2D eigenvalue weighted by molar-refractivity contribution is 7.09. The monoisotopic (exact) mass is 388 g/mol. The average molecular weight is 388 g/mol. The third-order valence-electron chi connectivity index (χ3n) is 4.47. The molecule has 1 N–H and O–H groups in total. The SMILES string of the molecule is Cc1nc(-c2ccc(CCNC(=O)c3ccc(-n4cccn4)cc3)cc2)cs1. The molecule has 0 saturated carbocycles. The number of nitrogens with zero attached hydrogens (tertiary/aromatic N) is 3. The second kappa shape index (κ2) is 8.19. The summed E-state index contributed by atoms with van der Waals surface area (Å²) in [5.74, 6) is -0.0680. The molecule has 4 aromatic rings. The maximum absolute atomic E-state index is 12.3. The molecule has 0 radical (unpaired) electrons. The van der Waals surface area contributed by atoms with Gasteiger partial charge < -0.3 is 5.32 Å². The first kappa shape index (κ1) is 18.1. The van der Waals surface area contributed by atoms with Gasteiger partial charge in [0, 0.05) is 35.4 Å². The molecule has 0 spiro atoms. The third kappa shape index (κ3) is 4.18. The zero-order chi connectivity index (χ0) is 19.3. The maximum atomic E-state index is 12.3. The van der Waals surface area contributed by atoms with Crippen molar-refractivity contribution in [3.05, 3.63) is 88.5 Å². The van der Waals surface area contributed by atoms with E-state index in [1.54, 1.807) is 22.2 Å². The quantitative estimate of drug-likeness (QED) is 0.536. The van der Waals surface area contributed by atoms with Crippen molar-refractivity contribution in [2.24, 2.45) is 0 Å². The Morgan fingerprint density at radius 1 is 1.11 bits per heavy atom. The lowest BCUT2D eigenvalue weighted by Crippen LogP contribution is -2.25. The smallest absolute Gasteiger partial charge is 0.251 e. The van der Waals surface area contributed by atoms with Gasteiger partial charge in [-0.25, -0.2) is 9.67 Å². The van der Waals surface area contributed by atoms with Crippen LogP contribution in [0.4, 0.5) is 0 Å². The van der Waals surface area contributed by atoms with Gasteiger partial charge in [-0.15, -0.1) is 11.3 Å². The fourth-order valence-electron chi connectivity index (χ4n) is 2.95. The number of hydrogen-bond donors (Lipinski definition) is 1. The van der Waals surface area contributed by atoms with E-state index in [2.05, 4.69) is 45.0 Å². The van der Waals surface area contributed by atoms with Crippen molar-refractivity contribution in [3.8, 4) is 16.9 Å². The Hall–Kier alpha value is -3.25. The van der Waals surface area contributed by atoms with Crippen molar-refractivity contribution in [2.75, 3.05) is 6.54 Å². The lowest BCUT2D eigenvalue weighted by molar-refractivity contribution is 0.0954. The Kier molecular flexibility index (Phi) is 5.30. The highest BCUT2D eigenvalue weighted by Gasteiger charge is 2.06. The van der Waals surface area contributed by atoms with Crippen LogP contribution in [-0.4, -0.2) is 27.2 Å². The standard InChI is InChI=1S/C22H20N4OS/c1-16-25-21(15-28-16)18-5-3-17(4-6-18)11-13-23-22(27)19-7-9-20(10-8-19)26-14-2-12-24-26/h2-10,12,14-15H,11,13H2,1H3,(H,23,27). The van der Waals surface area contributed by atoms with Gasteiger partial charge in [-0.2, -0.15) is 5.10 Å². The average Bonchev–Trinajstić information content (AvgIpc) is 3.41. The fraction of sp³-hybridized carbons (Fsp3) is 0.136. The predicted octanol–water partition coefficient (Wildman–Crippen LogP) is 4.28. The van der Waals surface area contributed by atoms with E-state index in [1.165, 1.54) is 5.56 Å². The first-order valence-electron chi connectivity index (χ1n) is 9.09. The molecule has 1 amide bonds. The number of hydrogen-bond acceptors (Lipinski definition) is 4. The molecule has 140 valence electrons. The number of amides is 1. The molecule has 0 atom stereocenters. The second-order valence-electron chi connectivity index (χ2n) is 6.45. The molecule has 0 aliphatic rings. The zero-order valence-corrected chi connectivity index (χ0v) is 16.3. The minimum absolute atomic E-state index is 0.0680. The number of nitrogens with one attached hydrogen (secondary N) is 1. The van der Waals surface area contributed by atoms with Crippen molar-refractivity contribution >= 4 is 17.2 Å². The van der Waals surface area contributed by atoms with Crippen LogP contribution in [0, 0.1) is 6.92 Å². The Balaban J connectivity index is 1.30. The van der Waals surface area contributed by atoms with Crippen LogP contribution in [0.3, 0.4) is 0 Å². The number of benzene rings is 2. The summed E-state index contributed by atoms with van der Waals surface area (Å²) in [6, 6.07) is 17.6. The number of rotatable bonds is 6. The molecule has 0 aliphatic carbocycles. The first-order chi connectivity index (χ1) is 13.7. The van der Waals surface area contributed by atoms with E-state index in [-0.39, 0.29) is 5.91 Å². The Bertz CT molecular complexity index is 1050. The number of carbonyl (C=O) groups excluding carboxylic acids is 1. The van der Waals surface area contributed by atoms with Crippen molar-refractivity contribution in [2.45, 2.75) is 13.3 Å². The van der Waals surface area contributed by atoms with Crippen molar-refractivity contribution < 1.29 is 4.79 Å². The first-order valence-corrected chi connectivity index (χ1v) is 9.97. The lowest BCUT2D eigenvalue weighted by atomic mass is 10.1. The molecule has 6 heteroatoms. The molecule has 28 heavy (non-hydrogen) atoms. The second-order valence-corrected chi connectivity index (χ2v) is 7.51.